The number of hydrogen-bond donors (Lipinski definition) is 2. The first-order valence-electron chi connectivity index (χ1n) is 11.7. The first-order valence-corrected chi connectivity index (χ1v) is 11.7. The van der Waals surface area contributed by atoms with Crippen LogP contribution in [0.25, 0.3) is 0 Å². The molecule has 4 rings (SSSR count). The summed E-state index contributed by atoms with van der Waals surface area (Å²) in [5.74, 6) is 1.04. The second kappa shape index (κ2) is 7.14. The van der Waals surface area contributed by atoms with Gasteiger partial charge in [-0.05, 0) is 103 Å². The van der Waals surface area contributed by atoms with Crippen LogP contribution in [-0.2, 0) is 6.42 Å². The Morgan fingerprint density at radius 2 is 1.80 bits per heavy atom. The Balaban J connectivity index is 1.71. The van der Waals surface area contributed by atoms with E-state index >= 15 is 0 Å². The zero-order chi connectivity index (χ0) is 21.9. The molecule has 0 radical (unpaired) electrons. The normalized spacial score (nSPS) is 37.6. The Kier molecular flexibility index (Phi) is 5.11. The molecule has 2 N–H and O–H groups in total. The van der Waals surface area contributed by atoms with Crippen LogP contribution in [0.15, 0.2) is 29.8 Å². The van der Waals surface area contributed by atoms with Crippen LogP contribution >= 0.6 is 0 Å². The fraction of sp³-hybridized carbons (Fsp3) is 0.667. The Morgan fingerprint density at radius 1 is 1.07 bits per heavy atom. The van der Waals surface area contributed by atoms with Crippen molar-refractivity contribution >= 4 is 5.97 Å². The van der Waals surface area contributed by atoms with Gasteiger partial charge in [0.25, 0.3) is 0 Å². The van der Waals surface area contributed by atoms with E-state index in [1.54, 1.807) is 12.1 Å². The number of carboxylic acids is 1. The third-order valence-electron chi connectivity index (χ3n) is 9.61. The molecule has 2 fully saturated rings. The van der Waals surface area contributed by atoms with Crippen molar-refractivity contribution in [2.75, 3.05) is 0 Å². The van der Waals surface area contributed by atoms with Gasteiger partial charge in [0.05, 0.1) is 5.56 Å². The predicted octanol–water partition coefficient (Wildman–Crippen LogP) is 6.85. The largest absolute Gasteiger partial charge is 0.508 e. The minimum atomic E-state index is -0.936. The van der Waals surface area contributed by atoms with Gasteiger partial charge in [0, 0.05) is 0 Å². The van der Waals surface area contributed by atoms with Crippen molar-refractivity contribution in [2.45, 2.75) is 79.6 Å². The summed E-state index contributed by atoms with van der Waals surface area (Å²) in [6.07, 6.45) is 10.8. The van der Waals surface area contributed by atoms with Gasteiger partial charge in [-0.1, -0.05) is 45.8 Å². The fourth-order valence-electron chi connectivity index (χ4n) is 8.10. The molecule has 1 aromatic rings. The number of phenolic OH excluding ortho intramolecular Hbond substituents is 1. The first-order chi connectivity index (χ1) is 14.0. The fourth-order valence-corrected chi connectivity index (χ4v) is 8.10. The summed E-state index contributed by atoms with van der Waals surface area (Å²) in [6.45, 7) is 12.3. The van der Waals surface area contributed by atoms with Crippen LogP contribution in [0.4, 0.5) is 0 Å². The van der Waals surface area contributed by atoms with E-state index < -0.39 is 5.97 Å². The average molecular weight is 411 g/mol. The van der Waals surface area contributed by atoms with Crippen LogP contribution < -0.4 is 0 Å². The quantitative estimate of drug-likeness (QED) is 0.536. The summed E-state index contributed by atoms with van der Waals surface area (Å²) in [4.78, 5) is 11.5. The molecular formula is C27H38O3. The summed E-state index contributed by atoms with van der Waals surface area (Å²) < 4.78 is 0. The summed E-state index contributed by atoms with van der Waals surface area (Å²) in [6, 6.07) is 4.71. The number of hydrogen-bond acceptors (Lipinski definition) is 2. The lowest BCUT2D eigenvalue weighted by Gasteiger charge is -2.65. The number of phenols is 1. The van der Waals surface area contributed by atoms with E-state index in [0.29, 0.717) is 29.1 Å². The molecule has 3 heteroatoms. The van der Waals surface area contributed by atoms with Gasteiger partial charge in [0.15, 0.2) is 0 Å². The Labute approximate surface area is 181 Å². The highest BCUT2D eigenvalue weighted by atomic mass is 16.4. The number of rotatable bonds is 3. The summed E-state index contributed by atoms with van der Waals surface area (Å²) in [7, 11) is 0. The van der Waals surface area contributed by atoms with Gasteiger partial charge in [0.2, 0.25) is 0 Å². The maximum absolute atomic E-state index is 11.5. The number of aromatic carboxylic acids is 1. The minimum absolute atomic E-state index is 0.184. The Hall–Kier alpha value is -1.77. The highest BCUT2D eigenvalue weighted by Gasteiger charge is 2.60. The second-order valence-electron chi connectivity index (χ2n) is 11.6. The molecule has 3 aliphatic rings. The molecule has 0 amide bonds. The lowest BCUT2D eigenvalue weighted by Crippen LogP contribution is -2.57. The minimum Gasteiger partial charge on any atom is -0.508 e. The van der Waals surface area contributed by atoms with E-state index in [4.69, 9.17) is 0 Å². The van der Waals surface area contributed by atoms with Crippen molar-refractivity contribution in [1.82, 2.24) is 0 Å². The number of aromatic hydroxyl groups is 1. The van der Waals surface area contributed by atoms with Crippen LogP contribution in [0, 0.1) is 34.0 Å². The number of benzene rings is 1. The molecule has 5 atom stereocenters. The van der Waals surface area contributed by atoms with Gasteiger partial charge in [-0.25, -0.2) is 4.79 Å². The highest BCUT2D eigenvalue weighted by molar-refractivity contribution is 5.88. The smallest absolute Gasteiger partial charge is 0.335 e. The van der Waals surface area contributed by atoms with Crippen LogP contribution in [0.5, 0.6) is 5.75 Å². The van der Waals surface area contributed by atoms with Gasteiger partial charge in [-0.3, -0.25) is 0 Å². The first kappa shape index (κ1) is 21.5. The predicted molar refractivity (Wildman–Crippen MR) is 121 cm³/mol. The molecule has 0 aliphatic heterocycles. The maximum atomic E-state index is 11.5. The molecule has 0 spiro atoms. The molecule has 0 unspecified atom stereocenters. The lowest BCUT2D eigenvalue weighted by atomic mass is 9.39. The van der Waals surface area contributed by atoms with Crippen molar-refractivity contribution in [3.05, 3.63) is 41.0 Å². The molecule has 164 valence electrons. The van der Waals surface area contributed by atoms with Crippen LogP contribution in [0.1, 0.15) is 89.1 Å². The Bertz CT molecular complexity index is 882. The molecule has 0 aromatic heterocycles. The molecule has 0 bridgehead atoms. The number of allylic oxidation sites excluding steroid dienone is 2. The molecular weight excluding hydrogens is 372 g/mol. The number of carbonyl (C=O) groups is 1. The number of carboxylic acid groups (broad SMARTS) is 1. The molecule has 0 saturated heterocycles. The van der Waals surface area contributed by atoms with E-state index in [2.05, 4.69) is 40.7 Å². The van der Waals surface area contributed by atoms with Crippen LogP contribution in [0.2, 0.25) is 0 Å². The monoisotopic (exact) mass is 410 g/mol. The topological polar surface area (TPSA) is 57.5 Å². The van der Waals surface area contributed by atoms with Gasteiger partial charge >= 0.3 is 5.97 Å². The second-order valence-corrected chi connectivity index (χ2v) is 11.6. The molecule has 3 aliphatic carbocycles. The third-order valence-corrected chi connectivity index (χ3v) is 9.61. The van der Waals surface area contributed by atoms with Crippen molar-refractivity contribution in [1.29, 1.82) is 0 Å². The Morgan fingerprint density at radius 3 is 2.50 bits per heavy atom. The van der Waals surface area contributed by atoms with Crippen molar-refractivity contribution in [3.63, 3.8) is 0 Å². The van der Waals surface area contributed by atoms with E-state index in [-0.39, 0.29) is 16.7 Å². The molecule has 2 saturated carbocycles. The van der Waals surface area contributed by atoms with Crippen molar-refractivity contribution < 1.29 is 15.0 Å². The van der Waals surface area contributed by atoms with Gasteiger partial charge in [-0.15, -0.1) is 0 Å². The standard InChI is InChI=1S/C27H38O3/c1-17-7-10-23-26(4,14-11-22-25(2,3)12-6-13-27(22,23)5)20(17)16-19-15-18(24(29)30)8-9-21(19)28/h7-9,15,20,22-23,28H,6,10-14,16H2,1-5H3,(H,29,30)/t20-,22+,23-,26-,27+/m1/s1. The average Bonchev–Trinajstić information content (AvgIpc) is 2.64. The van der Waals surface area contributed by atoms with E-state index in [0.717, 1.165) is 17.9 Å². The zero-order valence-corrected chi connectivity index (χ0v) is 19.3. The summed E-state index contributed by atoms with van der Waals surface area (Å²) in [5.41, 5.74) is 3.38. The lowest BCUT2D eigenvalue weighted by molar-refractivity contribution is -0.145. The van der Waals surface area contributed by atoms with Gasteiger partial charge in [-0.2, -0.15) is 0 Å². The summed E-state index contributed by atoms with van der Waals surface area (Å²) >= 11 is 0. The molecule has 3 nitrogen and oxygen atoms in total. The molecule has 0 heterocycles. The van der Waals surface area contributed by atoms with Crippen LogP contribution in [0.3, 0.4) is 0 Å². The van der Waals surface area contributed by atoms with Crippen molar-refractivity contribution in [3.8, 4) is 5.75 Å². The maximum Gasteiger partial charge on any atom is 0.335 e. The van der Waals surface area contributed by atoms with E-state index in [9.17, 15) is 15.0 Å². The van der Waals surface area contributed by atoms with E-state index in [1.165, 1.54) is 43.7 Å². The van der Waals surface area contributed by atoms with Gasteiger partial charge in [0.1, 0.15) is 5.75 Å². The molecule has 30 heavy (non-hydrogen) atoms. The summed E-state index contributed by atoms with van der Waals surface area (Å²) in [5, 5.41) is 19.9. The third kappa shape index (κ3) is 3.20. The van der Waals surface area contributed by atoms with E-state index in [1.807, 2.05) is 0 Å². The van der Waals surface area contributed by atoms with Gasteiger partial charge < -0.3 is 10.2 Å². The van der Waals surface area contributed by atoms with Crippen LogP contribution in [-0.4, -0.2) is 16.2 Å². The number of fused-ring (bicyclic) bond motifs is 3. The highest BCUT2D eigenvalue weighted by Crippen LogP contribution is 2.68. The SMILES string of the molecule is CC1=CC[C@@H]2[C@](C)(CC[C@H]3C(C)(C)CCC[C@]23C)[C@@H]1Cc1cc(C(=O)O)ccc1O. The zero-order valence-electron chi connectivity index (χ0n) is 19.3. The van der Waals surface area contributed by atoms with Crippen molar-refractivity contribution in [2.24, 2.45) is 34.0 Å². The molecule has 1 aromatic carbocycles.